The molecular weight excluding hydrogens is 356 g/mol. The fraction of sp³-hybridized carbons (Fsp3) is 0.524. The lowest BCUT2D eigenvalue weighted by Gasteiger charge is -2.12. The molecule has 0 saturated heterocycles. The summed E-state index contributed by atoms with van der Waals surface area (Å²) in [6, 6.07) is 8.34. The summed E-state index contributed by atoms with van der Waals surface area (Å²) in [4.78, 5) is 9.42. The molecule has 1 aromatic carbocycles. The first-order valence-electron chi connectivity index (χ1n) is 9.75. The molecule has 0 saturated carbocycles. The van der Waals surface area contributed by atoms with E-state index in [0.717, 1.165) is 36.2 Å². The molecule has 5 nitrogen and oxygen atoms in total. The van der Waals surface area contributed by atoms with Gasteiger partial charge in [-0.15, -0.1) is 11.3 Å². The third-order valence-corrected chi connectivity index (χ3v) is 4.91. The van der Waals surface area contributed by atoms with Crippen LogP contribution in [0.2, 0.25) is 0 Å². The van der Waals surface area contributed by atoms with E-state index in [1.807, 2.05) is 0 Å². The Balaban J connectivity index is 1.98. The number of benzene rings is 1. The number of thiazole rings is 1. The van der Waals surface area contributed by atoms with E-state index in [0.29, 0.717) is 25.6 Å². The highest BCUT2D eigenvalue weighted by Crippen LogP contribution is 2.17. The van der Waals surface area contributed by atoms with Gasteiger partial charge in [-0.05, 0) is 30.4 Å². The van der Waals surface area contributed by atoms with Crippen LogP contribution in [0.4, 0.5) is 0 Å². The van der Waals surface area contributed by atoms with Crippen molar-refractivity contribution < 1.29 is 4.74 Å². The van der Waals surface area contributed by atoms with Crippen LogP contribution in [0.5, 0.6) is 0 Å². The lowest BCUT2D eigenvalue weighted by molar-refractivity contribution is 0.121. The van der Waals surface area contributed by atoms with Crippen molar-refractivity contribution in [1.82, 2.24) is 15.6 Å². The zero-order valence-electron chi connectivity index (χ0n) is 16.9. The number of rotatable bonds is 10. The predicted octanol–water partition coefficient (Wildman–Crippen LogP) is 4.45. The van der Waals surface area contributed by atoms with Gasteiger partial charge in [-0.1, -0.05) is 45.0 Å². The number of nitrogens with zero attached hydrogens (tertiary/aromatic N) is 2. The van der Waals surface area contributed by atoms with Gasteiger partial charge < -0.3 is 15.4 Å². The maximum atomic E-state index is 5.70. The lowest BCUT2D eigenvalue weighted by Crippen LogP contribution is -2.36. The Morgan fingerprint density at radius 3 is 2.63 bits per heavy atom. The third kappa shape index (κ3) is 7.31. The topological polar surface area (TPSA) is 58.5 Å². The quantitative estimate of drug-likeness (QED) is 0.359. The normalized spacial score (nSPS) is 11.8. The molecule has 148 valence electrons. The average Bonchev–Trinajstić information content (AvgIpc) is 3.14. The molecule has 1 aromatic heterocycles. The summed E-state index contributed by atoms with van der Waals surface area (Å²) >= 11 is 1.69. The molecule has 0 aliphatic heterocycles. The molecule has 2 aromatic rings. The predicted molar refractivity (Wildman–Crippen MR) is 114 cm³/mol. The molecule has 2 rings (SSSR count). The number of ether oxygens (including phenoxy) is 1. The molecule has 0 aliphatic rings. The van der Waals surface area contributed by atoms with Gasteiger partial charge in [0.1, 0.15) is 5.01 Å². The van der Waals surface area contributed by atoms with Crippen molar-refractivity contribution >= 4 is 17.3 Å². The van der Waals surface area contributed by atoms with Gasteiger partial charge in [0, 0.05) is 18.5 Å². The summed E-state index contributed by atoms with van der Waals surface area (Å²) in [6.07, 6.45) is 1.03. The minimum atomic E-state index is 0.461. The molecule has 0 fully saturated rings. The summed E-state index contributed by atoms with van der Waals surface area (Å²) < 4.78 is 5.70. The van der Waals surface area contributed by atoms with Gasteiger partial charge in [0.05, 0.1) is 25.4 Å². The second-order valence-corrected chi connectivity index (χ2v) is 7.63. The fourth-order valence-electron chi connectivity index (χ4n) is 2.52. The Labute approximate surface area is 167 Å². The first-order chi connectivity index (χ1) is 13.1. The van der Waals surface area contributed by atoms with E-state index in [1.165, 1.54) is 11.1 Å². The van der Waals surface area contributed by atoms with Gasteiger partial charge in [0.2, 0.25) is 0 Å². The van der Waals surface area contributed by atoms with Crippen molar-refractivity contribution in [3.05, 3.63) is 51.5 Å². The molecule has 0 bridgehead atoms. The number of nitrogens with one attached hydrogen (secondary N) is 2. The molecule has 27 heavy (non-hydrogen) atoms. The molecule has 0 spiro atoms. The monoisotopic (exact) mass is 388 g/mol. The standard InChI is InChI=1S/C21H32N4OS/c1-5-11-26-14-18-10-8-7-9-17(18)12-23-21(22-6-2)24-13-20-25-19(15-27-20)16(3)4/h7-10,15-16H,5-6,11-14H2,1-4H3,(H2,22,23,24). The average molecular weight is 389 g/mol. The van der Waals surface area contributed by atoms with E-state index in [-0.39, 0.29) is 0 Å². The Bertz CT molecular complexity index is 712. The summed E-state index contributed by atoms with van der Waals surface area (Å²) in [7, 11) is 0. The molecule has 0 aliphatic carbocycles. The van der Waals surface area contributed by atoms with Crippen LogP contribution in [-0.2, 0) is 24.4 Å². The highest BCUT2D eigenvalue weighted by Gasteiger charge is 2.07. The second kappa shape index (κ2) is 11.7. The number of hydrogen-bond donors (Lipinski definition) is 2. The molecular formula is C21H32N4OS. The number of hydrogen-bond acceptors (Lipinski definition) is 4. The largest absolute Gasteiger partial charge is 0.377 e. The van der Waals surface area contributed by atoms with Crippen LogP contribution in [0, 0.1) is 0 Å². The summed E-state index contributed by atoms with van der Waals surface area (Å²) in [5, 5.41) is 9.91. The molecule has 0 atom stereocenters. The van der Waals surface area contributed by atoms with Gasteiger partial charge in [0.25, 0.3) is 0 Å². The van der Waals surface area contributed by atoms with Gasteiger partial charge in [0.15, 0.2) is 5.96 Å². The Morgan fingerprint density at radius 2 is 1.96 bits per heavy atom. The van der Waals surface area contributed by atoms with Crippen LogP contribution in [0.25, 0.3) is 0 Å². The number of aliphatic imine (C=N–C) groups is 1. The minimum Gasteiger partial charge on any atom is -0.377 e. The smallest absolute Gasteiger partial charge is 0.191 e. The van der Waals surface area contributed by atoms with Gasteiger partial charge in [-0.25, -0.2) is 9.98 Å². The lowest BCUT2D eigenvalue weighted by atomic mass is 10.1. The SMILES string of the molecule is CCCOCc1ccccc1CN=C(NCC)NCc1nc(C(C)C)cs1. The first kappa shape index (κ1) is 21.4. The van der Waals surface area contributed by atoms with Gasteiger partial charge in [-0.2, -0.15) is 0 Å². The molecule has 0 radical (unpaired) electrons. The zero-order valence-corrected chi connectivity index (χ0v) is 17.7. The van der Waals surface area contributed by atoms with Crippen LogP contribution in [0.1, 0.15) is 61.9 Å². The summed E-state index contributed by atoms with van der Waals surface area (Å²) in [5.74, 6) is 1.27. The molecule has 6 heteroatoms. The highest BCUT2D eigenvalue weighted by atomic mass is 32.1. The number of aromatic nitrogens is 1. The third-order valence-electron chi connectivity index (χ3n) is 4.04. The molecule has 2 N–H and O–H groups in total. The molecule has 0 amide bonds. The first-order valence-corrected chi connectivity index (χ1v) is 10.6. The van der Waals surface area contributed by atoms with Crippen molar-refractivity contribution in [2.24, 2.45) is 4.99 Å². The van der Waals surface area contributed by atoms with E-state index < -0.39 is 0 Å². The minimum absolute atomic E-state index is 0.461. The van der Waals surface area contributed by atoms with E-state index in [9.17, 15) is 0 Å². The summed E-state index contributed by atoms with van der Waals surface area (Å²) in [6.45, 7) is 12.1. The van der Waals surface area contributed by atoms with Crippen molar-refractivity contribution in [2.45, 2.75) is 59.7 Å². The van der Waals surface area contributed by atoms with Crippen molar-refractivity contribution in [1.29, 1.82) is 0 Å². The van der Waals surface area contributed by atoms with E-state index in [1.54, 1.807) is 11.3 Å². The van der Waals surface area contributed by atoms with Crippen molar-refractivity contribution in [2.75, 3.05) is 13.2 Å². The van der Waals surface area contributed by atoms with Crippen LogP contribution in [-0.4, -0.2) is 24.1 Å². The molecule has 1 heterocycles. The van der Waals surface area contributed by atoms with Crippen LogP contribution < -0.4 is 10.6 Å². The highest BCUT2D eigenvalue weighted by molar-refractivity contribution is 7.09. The maximum absolute atomic E-state index is 5.70. The van der Waals surface area contributed by atoms with Crippen molar-refractivity contribution in [3.8, 4) is 0 Å². The fourth-order valence-corrected chi connectivity index (χ4v) is 3.41. The number of guanidine groups is 1. The molecule has 0 unspecified atom stereocenters. The zero-order chi connectivity index (χ0) is 19.5. The van der Waals surface area contributed by atoms with Gasteiger partial charge in [-0.3, -0.25) is 0 Å². The summed E-state index contributed by atoms with van der Waals surface area (Å²) in [5.41, 5.74) is 3.55. The Morgan fingerprint density at radius 1 is 1.19 bits per heavy atom. The maximum Gasteiger partial charge on any atom is 0.191 e. The van der Waals surface area contributed by atoms with Crippen LogP contribution in [0.15, 0.2) is 34.6 Å². The van der Waals surface area contributed by atoms with E-state index in [4.69, 9.17) is 9.73 Å². The van der Waals surface area contributed by atoms with E-state index in [2.05, 4.69) is 73.0 Å². The van der Waals surface area contributed by atoms with Crippen LogP contribution >= 0.6 is 11.3 Å². The second-order valence-electron chi connectivity index (χ2n) is 6.69. The Hall–Kier alpha value is -1.92. The van der Waals surface area contributed by atoms with Crippen LogP contribution in [0.3, 0.4) is 0 Å². The van der Waals surface area contributed by atoms with Gasteiger partial charge >= 0.3 is 0 Å². The van der Waals surface area contributed by atoms with E-state index >= 15 is 0 Å². The van der Waals surface area contributed by atoms with Crippen molar-refractivity contribution in [3.63, 3.8) is 0 Å². The Kier molecular flexibility index (Phi) is 9.28.